The van der Waals surface area contributed by atoms with E-state index < -0.39 is 53.3 Å². The number of amides is 2. The molecular weight excluding hydrogens is 452 g/mol. The number of para-hydroxylation sites is 1. The van der Waals surface area contributed by atoms with Gasteiger partial charge in [0.25, 0.3) is 0 Å². The maximum atomic E-state index is 13.0. The number of benzene rings is 2. The molecule has 1 heterocycles. The third-order valence-corrected chi connectivity index (χ3v) is 4.76. The first-order chi connectivity index (χ1) is 15.3. The summed E-state index contributed by atoms with van der Waals surface area (Å²) >= 11 is 0. The predicted molar refractivity (Wildman–Crippen MR) is 107 cm³/mol. The minimum absolute atomic E-state index is 0.0288. The standard InChI is InChI=1S/C22H17F6N3O2/c23-21(24,25)14-7-12(8-15(10-14)22(26,27)28)9-19(32)31-18(20(29)33)11-16-6-5-13-3-1-2-4-17(13)30-16/h1-8,10,18H,9,11H2,(H2,29,33)(H,31,32)/t18-/m1/s1. The fourth-order valence-electron chi connectivity index (χ4n) is 3.21. The number of nitrogens with zero attached hydrogens (tertiary/aromatic N) is 1. The molecular formula is C22H17F6N3O2. The molecule has 3 aromatic rings. The van der Waals surface area contributed by atoms with Gasteiger partial charge in [-0.25, -0.2) is 0 Å². The zero-order valence-corrected chi connectivity index (χ0v) is 16.8. The Kier molecular flexibility index (Phi) is 6.61. The number of carbonyl (C=O) groups is 2. The Labute approximate surface area is 183 Å². The van der Waals surface area contributed by atoms with E-state index >= 15 is 0 Å². The van der Waals surface area contributed by atoms with E-state index in [1.54, 1.807) is 24.3 Å². The summed E-state index contributed by atoms with van der Waals surface area (Å²) < 4.78 is 78.0. The van der Waals surface area contributed by atoms with Gasteiger partial charge in [-0.3, -0.25) is 14.6 Å². The lowest BCUT2D eigenvalue weighted by Crippen LogP contribution is -2.46. The number of primary amides is 1. The van der Waals surface area contributed by atoms with Crippen molar-refractivity contribution in [2.75, 3.05) is 0 Å². The smallest absolute Gasteiger partial charge is 0.368 e. The monoisotopic (exact) mass is 469 g/mol. The Morgan fingerprint density at radius 2 is 1.52 bits per heavy atom. The molecule has 2 amide bonds. The Hall–Kier alpha value is -3.63. The number of fused-ring (bicyclic) bond motifs is 1. The van der Waals surface area contributed by atoms with Gasteiger partial charge in [0.2, 0.25) is 11.8 Å². The lowest BCUT2D eigenvalue weighted by atomic mass is 10.0. The Bertz CT molecular complexity index is 1160. The van der Waals surface area contributed by atoms with Crippen molar-refractivity contribution < 1.29 is 35.9 Å². The van der Waals surface area contributed by atoms with Gasteiger partial charge in [-0.1, -0.05) is 24.3 Å². The van der Waals surface area contributed by atoms with Crippen LogP contribution in [0.1, 0.15) is 22.4 Å². The van der Waals surface area contributed by atoms with Crippen molar-refractivity contribution in [1.29, 1.82) is 0 Å². The summed E-state index contributed by atoms with van der Waals surface area (Å²) in [7, 11) is 0. The highest BCUT2D eigenvalue weighted by Crippen LogP contribution is 2.36. The number of alkyl halides is 6. The average molecular weight is 469 g/mol. The van der Waals surface area contributed by atoms with Crippen LogP contribution in [0.15, 0.2) is 54.6 Å². The van der Waals surface area contributed by atoms with E-state index in [0.717, 1.165) is 5.39 Å². The minimum Gasteiger partial charge on any atom is -0.368 e. The molecule has 0 unspecified atom stereocenters. The van der Waals surface area contributed by atoms with Gasteiger partial charge in [0.05, 0.1) is 23.1 Å². The number of nitrogens with two attached hydrogens (primary N) is 1. The highest BCUT2D eigenvalue weighted by Gasteiger charge is 2.37. The normalized spacial score (nSPS) is 13.0. The summed E-state index contributed by atoms with van der Waals surface area (Å²) in [5, 5.41) is 3.10. The molecule has 3 rings (SSSR count). The molecule has 0 radical (unpaired) electrons. The van der Waals surface area contributed by atoms with Crippen molar-refractivity contribution in [3.05, 3.63) is 77.0 Å². The van der Waals surface area contributed by atoms with Crippen LogP contribution in [0.5, 0.6) is 0 Å². The number of rotatable bonds is 6. The predicted octanol–water partition coefficient (Wildman–Crippen LogP) is 4.03. The molecule has 33 heavy (non-hydrogen) atoms. The van der Waals surface area contributed by atoms with Gasteiger partial charge in [0.1, 0.15) is 6.04 Å². The van der Waals surface area contributed by atoms with E-state index in [-0.39, 0.29) is 12.5 Å². The number of pyridine rings is 1. The van der Waals surface area contributed by atoms with E-state index in [1.165, 1.54) is 0 Å². The van der Waals surface area contributed by atoms with E-state index in [1.807, 2.05) is 12.1 Å². The largest absolute Gasteiger partial charge is 0.416 e. The second-order valence-corrected chi connectivity index (χ2v) is 7.31. The summed E-state index contributed by atoms with van der Waals surface area (Å²) in [4.78, 5) is 28.5. The van der Waals surface area contributed by atoms with Gasteiger partial charge < -0.3 is 11.1 Å². The molecule has 174 valence electrons. The third-order valence-electron chi connectivity index (χ3n) is 4.76. The van der Waals surface area contributed by atoms with Gasteiger partial charge in [0.15, 0.2) is 0 Å². The topological polar surface area (TPSA) is 85.1 Å². The number of hydrogen-bond acceptors (Lipinski definition) is 3. The number of halogens is 6. The first-order valence-electron chi connectivity index (χ1n) is 9.54. The maximum absolute atomic E-state index is 13.0. The Balaban J connectivity index is 1.79. The molecule has 0 saturated carbocycles. The molecule has 5 nitrogen and oxygen atoms in total. The molecule has 0 aliphatic carbocycles. The third kappa shape index (κ3) is 6.21. The van der Waals surface area contributed by atoms with E-state index in [2.05, 4.69) is 10.3 Å². The summed E-state index contributed by atoms with van der Waals surface area (Å²) in [5.74, 6) is -1.90. The van der Waals surface area contributed by atoms with E-state index in [9.17, 15) is 35.9 Å². The zero-order valence-electron chi connectivity index (χ0n) is 16.8. The van der Waals surface area contributed by atoms with Crippen LogP contribution >= 0.6 is 0 Å². The van der Waals surface area contributed by atoms with Gasteiger partial charge in [-0.05, 0) is 35.9 Å². The second-order valence-electron chi connectivity index (χ2n) is 7.31. The van der Waals surface area contributed by atoms with Gasteiger partial charge >= 0.3 is 12.4 Å². The molecule has 0 saturated heterocycles. The number of hydrogen-bond donors (Lipinski definition) is 2. The summed E-state index contributed by atoms with van der Waals surface area (Å²) in [6.07, 6.45) is -11.0. The average Bonchev–Trinajstić information content (AvgIpc) is 2.71. The van der Waals surface area contributed by atoms with Crippen molar-refractivity contribution in [3.63, 3.8) is 0 Å². The molecule has 0 aliphatic heterocycles. The number of carbonyl (C=O) groups excluding carboxylic acids is 2. The summed E-state index contributed by atoms with van der Waals surface area (Å²) in [6.45, 7) is 0. The van der Waals surface area contributed by atoms with Crippen LogP contribution in [0.4, 0.5) is 26.3 Å². The van der Waals surface area contributed by atoms with E-state index in [0.29, 0.717) is 23.3 Å². The fraction of sp³-hybridized carbons (Fsp3) is 0.227. The van der Waals surface area contributed by atoms with Crippen LogP contribution in [-0.2, 0) is 34.8 Å². The van der Waals surface area contributed by atoms with Crippen LogP contribution in [0.3, 0.4) is 0 Å². The molecule has 0 bridgehead atoms. The molecule has 11 heteroatoms. The lowest BCUT2D eigenvalue weighted by Gasteiger charge is -2.17. The molecule has 2 aromatic carbocycles. The van der Waals surface area contributed by atoms with Crippen LogP contribution in [0.25, 0.3) is 10.9 Å². The highest BCUT2D eigenvalue weighted by atomic mass is 19.4. The van der Waals surface area contributed by atoms with Gasteiger partial charge in [-0.15, -0.1) is 0 Å². The Morgan fingerprint density at radius 3 is 2.09 bits per heavy atom. The van der Waals surface area contributed by atoms with E-state index in [4.69, 9.17) is 5.73 Å². The van der Waals surface area contributed by atoms with Crippen molar-refractivity contribution in [2.45, 2.75) is 31.2 Å². The van der Waals surface area contributed by atoms with Crippen LogP contribution in [-0.4, -0.2) is 22.8 Å². The quantitative estimate of drug-likeness (QED) is 0.535. The summed E-state index contributed by atoms with van der Waals surface area (Å²) in [5.41, 5.74) is 2.79. The van der Waals surface area contributed by atoms with Gasteiger partial charge in [0, 0.05) is 17.5 Å². The Morgan fingerprint density at radius 1 is 0.909 bits per heavy atom. The summed E-state index contributed by atoms with van der Waals surface area (Å²) in [6, 6.07) is 10.1. The SMILES string of the molecule is NC(=O)[C@@H](Cc1ccc2ccccc2n1)NC(=O)Cc1cc(C(F)(F)F)cc(C(F)(F)F)c1. The molecule has 3 N–H and O–H groups in total. The van der Waals surface area contributed by atoms with Crippen molar-refractivity contribution in [2.24, 2.45) is 5.73 Å². The first-order valence-corrected chi connectivity index (χ1v) is 9.54. The lowest BCUT2D eigenvalue weighted by molar-refractivity contribution is -0.143. The highest BCUT2D eigenvalue weighted by molar-refractivity contribution is 5.88. The molecule has 0 fully saturated rings. The molecule has 0 aliphatic rings. The molecule has 1 aromatic heterocycles. The minimum atomic E-state index is -5.04. The molecule has 1 atom stereocenters. The maximum Gasteiger partial charge on any atom is 0.416 e. The van der Waals surface area contributed by atoms with Crippen molar-refractivity contribution >= 4 is 22.7 Å². The number of aromatic nitrogens is 1. The fourth-order valence-corrected chi connectivity index (χ4v) is 3.21. The molecule has 0 spiro atoms. The number of nitrogens with one attached hydrogen (secondary N) is 1. The van der Waals surface area contributed by atoms with Crippen LogP contribution < -0.4 is 11.1 Å². The van der Waals surface area contributed by atoms with Crippen LogP contribution in [0, 0.1) is 0 Å². The first kappa shape index (κ1) is 24.0. The second kappa shape index (κ2) is 9.08. The van der Waals surface area contributed by atoms with Gasteiger partial charge in [-0.2, -0.15) is 26.3 Å². The van der Waals surface area contributed by atoms with Crippen molar-refractivity contribution in [3.8, 4) is 0 Å². The zero-order chi connectivity index (χ0) is 24.4. The van der Waals surface area contributed by atoms with Crippen molar-refractivity contribution in [1.82, 2.24) is 10.3 Å². The van der Waals surface area contributed by atoms with Crippen LogP contribution in [0.2, 0.25) is 0 Å².